The van der Waals surface area contributed by atoms with Gasteiger partial charge in [-0.25, -0.2) is 0 Å². The van der Waals surface area contributed by atoms with Crippen LogP contribution in [0.25, 0.3) is 0 Å². The Hall–Kier alpha value is -2.67. The highest BCUT2D eigenvalue weighted by Crippen LogP contribution is 2.31. The maximum Gasteiger partial charge on any atom is 0.124 e. The summed E-state index contributed by atoms with van der Waals surface area (Å²) < 4.78 is 0. The highest BCUT2D eigenvalue weighted by molar-refractivity contribution is 5.55. The molecule has 0 radical (unpaired) electrons. The van der Waals surface area contributed by atoms with Crippen LogP contribution in [0.15, 0.2) is 84.9 Å². The summed E-state index contributed by atoms with van der Waals surface area (Å²) in [5.41, 5.74) is 4.85. The first kappa shape index (κ1) is 14.3. The van der Waals surface area contributed by atoms with E-state index in [0.717, 1.165) is 11.8 Å². The van der Waals surface area contributed by atoms with Crippen molar-refractivity contribution in [3.63, 3.8) is 0 Å². The molecule has 0 aliphatic heterocycles. The third kappa shape index (κ3) is 3.15. The van der Waals surface area contributed by atoms with Gasteiger partial charge in [0.15, 0.2) is 0 Å². The number of benzene rings is 3. The molecule has 3 aromatic carbocycles. The quantitative estimate of drug-likeness (QED) is 0.494. The summed E-state index contributed by atoms with van der Waals surface area (Å²) in [6.07, 6.45) is 1.42. The van der Waals surface area contributed by atoms with E-state index in [-0.39, 0.29) is 5.92 Å². The van der Waals surface area contributed by atoms with E-state index in [0.29, 0.717) is 6.42 Å². The van der Waals surface area contributed by atoms with Gasteiger partial charge in [-0.05, 0) is 22.3 Å². The van der Waals surface area contributed by atoms with Gasteiger partial charge in [0, 0.05) is 12.3 Å². The van der Waals surface area contributed by atoms with Gasteiger partial charge < -0.3 is 4.79 Å². The normalized spacial score (nSPS) is 10.6. The minimum Gasteiger partial charge on any atom is -0.303 e. The molecule has 3 rings (SSSR count). The summed E-state index contributed by atoms with van der Waals surface area (Å²) in [5, 5.41) is 0. The largest absolute Gasteiger partial charge is 0.303 e. The fourth-order valence-corrected chi connectivity index (χ4v) is 2.81. The molecule has 0 aliphatic carbocycles. The van der Waals surface area contributed by atoms with E-state index in [9.17, 15) is 4.79 Å². The van der Waals surface area contributed by atoms with Crippen molar-refractivity contribution in [3.05, 3.63) is 107 Å². The van der Waals surface area contributed by atoms with Crippen LogP contribution < -0.4 is 0 Å². The minimum atomic E-state index is 0.215. The molecule has 1 heteroatoms. The number of rotatable bonds is 5. The number of carbonyl (C=O) groups excluding carboxylic acids is 1. The lowest BCUT2D eigenvalue weighted by Crippen LogP contribution is -2.03. The van der Waals surface area contributed by atoms with E-state index in [1.165, 1.54) is 16.7 Å². The first-order valence-electron chi connectivity index (χ1n) is 7.51. The van der Waals surface area contributed by atoms with Crippen molar-refractivity contribution in [2.75, 3.05) is 0 Å². The molecule has 0 unspecified atom stereocenters. The maximum absolute atomic E-state index is 10.6. The molecule has 22 heavy (non-hydrogen) atoms. The van der Waals surface area contributed by atoms with Crippen LogP contribution in [-0.4, -0.2) is 6.29 Å². The summed E-state index contributed by atoms with van der Waals surface area (Å²) in [7, 11) is 0. The zero-order valence-corrected chi connectivity index (χ0v) is 12.4. The standard InChI is InChI=1S/C21H18O/c22-16-15-17-11-13-20(14-12-17)21(18-7-3-1-4-8-18)19-9-5-2-6-10-19/h1-14,16,21H,15H2. The Morgan fingerprint density at radius 2 is 1.09 bits per heavy atom. The van der Waals surface area contributed by atoms with E-state index in [4.69, 9.17) is 0 Å². The third-order valence-electron chi connectivity index (χ3n) is 3.90. The van der Waals surface area contributed by atoms with Gasteiger partial charge in [-0.2, -0.15) is 0 Å². The van der Waals surface area contributed by atoms with Crippen LogP contribution in [0.4, 0.5) is 0 Å². The van der Waals surface area contributed by atoms with Crippen LogP contribution in [0.3, 0.4) is 0 Å². The van der Waals surface area contributed by atoms with E-state index >= 15 is 0 Å². The number of carbonyl (C=O) groups is 1. The first-order chi connectivity index (χ1) is 10.9. The molecule has 1 nitrogen and oxygen atoms in total. The summed E-state index contributed by atoms with van der Waals surface area (Å²) in [4.78, 5) is 10.6. The van der Waals surface area contributed by atoms with Gasteiger partial charge >= 0.3 is 0 Å². The second-order valence-electron chi connectivity index (χ2n) is 5.37. The average molecular weight is 286 g/mol. The molecule has 0 saturated heterocycles. The topological polar surface area (TPSA) is 17.1 Å². The average Bonchev–Trinajstić information content (AvgIpc) is 2.59. The fourth-order valence-electron chi connectivity index (χ4n) is 2.81. The van der Waals surface area contributed by atoms with Crippen LogP contribution in [0.5, 0.6) is 0 Å². The van der Waals surface area contributed by atoms with Gasteiger partial charge in [0.1, 0.15) is 6.29 Å². The molecule has 0 saturated carbocycles. The van der Waals surface area contributed by atoms with Crippen molar-refractivity contribution in [2.45, 2.75) is 12.3 Å². The van der Waals surface area contributed by atoms with Crippen LogP contribution in [-0.2, 0) is 11.2 Å². The summed E-state index contributed by atoms with van der Waals surface area (Å²) >= 11 is 0. The molecule has 0 aliphatic rings. The number of hydrogen-bond donors (Lipinski definition) is 0. The Morgan fingerprint density at radius 1 is 0.636 bits per heavy atom. The van der Waals surface area contributed by atoms with Crippen molar-refractivity contribution >= 4 is 6.29 Å². The lowest BCUT2D eigenvalue weighted by atomic mass is 9.85. The van der Waals surface area contributed by atoms with Gasteiger partial charge in [-0.1, -0.05) is 84.9 Å². The van der Waals surface area contributed by atoms with E-state index < -0.39 is 0 Å². The smallest absolute Gasteiger partial charge is 0.124 e. The van der Waals surface area contributed by atoms with Gasteiger partial charge in [0.05, 0.1) is 0 Å². The second-order valence-corrected chi connectivity index (χ2v) is 5.37. The molecule has 0 aromatic heterocycles. The second kappa shape index (κ2) is 6.86. The Morgan fingerprint density at radius 3 is 1.55 bits per heavy atom. The van der Waals surface area contributed by atoms with Crippen molar-refractivity contribution in [2.24, 2.45) is 0 Å². The molecule has 0 fully saturated rings. The van der Waals surface area contributed by atoms with E-state index in [2.05, 4.69) is 60.7 Å². The Bertz CT molecular complexity index is 675. The number of aldehydes is 1. The number of hydrogen-bond acceptors (Lipinski definition) is 1. The molecule has 108 valence electrons. The molecule has 0 spiro atoms. The lowest BCUT2D eigenvalue weighted by molar-refractivity contribution is -0.107. The Kier molecular flexibility index (Phi) is 4.45. The first-order valence-corrected chi connectivity index (χ1v) is 7.51. The van der Waals surface area contributed by atoms with Crippen LogP contribution >= 0.6 is 0 Å². The molecular formula is C21H18O. The van der Waals surface area contributed by atoms with Crippen molar-refractivity contribution < 1.29 is 4.79 Å². The molecule has 0 atom stereocenters. The molecule has 0 N–H and O–H groups in total. The molecule has 0 bridgehead atoms. The van der Waals surface area contributed by atoms with Crippen molar-refractivity contribution in [1.29, 1.82) is 0 Å². The third-order valence-corrected chi connectivity index (χ3v) is 3.90. The predicted octanol–water partition coefficient (Wildman–Crippen LogP) is 4.61. The van der Waals surface area contributed by atoms with Crippen LogP contribution in [0.1, 0.15) is 28.2 Å². The highest BCUT2D eigenvalue weighted by atomic mass is 16.1. The molecular weight excluding hydrogens is 268 g/mol. The lowest BCUT2D eigenvalue weighted by Gasteiger charge is -2.19. The molecule has 0 heterocycles. The Balaban J connectivity index is 2.04. The molecule has 3 aromatic rings. The highest BCUT2D eigenvalue weighted by Gasteiger charge is 2.15. The maximum atomic E-state index is 10.6. The van der Waals surface area contributed by atoms with Gasteiger partial charge in [0.2, 0.25) is 0 Å². The van der Waals surface area contributed by atoms with Crippen LogP contribution in [0.2, 0.25) is 0 Å². The monoisotopic (exact) mass is 286 g/mol. The summed E-state index contributed by atoms with van der Waals surface area (Å²) in [5.74, 6) is 0.215. The van der Waals surface area contributed by atoms with Gasteiger partial charge in [-0.3, -0.25) is 0 Å². The fraction of sp³-hybridized carbons (Fsp3) is 0.0952. The predicted molar refractivity (Wildman–Crippen MR) is 90.0 cm³/mol. The minimum absolute atomic E-state index is 0.215. The van der Waals surface area contributed by atoms with Crippen molar-refractivity contribution in [1.82, 2.24) is 0 Å². The zero-order valence-electron chi connectivity index (χ0n) is 12.4. The van der Waals surface area contributed by atoms with E-state index in [1.807, 2.05) is 24.3 Å². The van der Waals surface area contributed by atoms with E-state index in [1.54, 1.807) is 0 Å². The molecule has 0 amide bonds. The van der Waals surface area contributed by atoms with Crippen LogP contribution in [0, 0.1) is 0 Å². The zero-order chi connectivity index (χ0) is 15.2. The van der Waals surface area contributed by atoms with Gasteiger partial charge in [-0.15, -0.1) is 0 Å². The summed E-state index contributed by atoms with van der Waals surface area (Å²) in [6, 6.07) is 29.4. The van der Waals surface area contributed by atoms with Crippen molar-refractivity contribution in [3.8, 4) is 0 Å². The Labute approximate surface area is 131 Å². The summed E-state index contributed by atoms with van der Waals surface area (Å²) in [6.45, 7) is 0. The van der Waals surface area contributed by atoms with Gasteiger partial charge in [0.25, 0.3) is 0 Å². The SMILES string of the molecule is O=CCc1ccc(C(c2ccccc2)c2ccccc2)cc1.